The number of likely N-dealkylation sites (tertiary alicyclic amines) is 1. The van der Waals surface area contributed by atoms with E-state index in [4.69, 9.17) is 5.11 Å². The summed E-state index contributed by atoms with van der Waals surface area (Å²) in [5.74, 6) is -1.38. The maximum atomic E-state index is 12.0. The Bertz CT molecular complexity index is 496. The van der Waals surface area contributed by atoms with Crippen molar-refractivity contribution in [2.45, 2.75) is 32.4 Å². The Morgan fingerprint density at radius 3 is 2.70 bits per heavy atom. The van der Waals surface area contributed by atoms with Crippen molar-refractivity contribution in [3.8, 4) is 0 Å². The molecule has 2 N–H and O–H groups in total. The van der Waals surface area contributed by atoms with Crippen molar-refractivity contribution < 1.29 is 14.7 Å². The van der Waals surface area contributed by atoms with Crippen molar-refractivity contribution in [1.82, 2.24) is 10.2 Å². The molecule has 108 valence electrons. The van der Waals surface area contributed by atoms with Crippen LogP contribution in [-0.2, 0) is 11.3 Å². The van der Waals surface area contributed by atoms with Gasteiger partial charge in [-0.15, -0.1) is 0 Å². The summed E-state index contributed by atoms with van der Waals surface area (Å²) >= 11 is 0. The number of carboxylic acid groups (broad SMARTS) is 1. The number of nitrogens with zero attached hydrogens (tertiary/aromatic N) is 1. The fourth-order valence-electron chi connectivity index (χ4n) is 2.35. The van der Waals surface area contributed by atoms with E-state index in [-0.39, 0.29) is 5.91 Å². The Morgan fingerprint density at radius 2 is 2.05 bits per heavy atom. The third-order valence-corrected chi connectivity index (χ3v) is 3.51. The number of amides is 1. The average molecular weight is 276 g/mol. The third kappa shape index (κ3) is 3.81. The molecule has 1 saturated heterocycles. The molecule has 2 rings (SSSR count). The van der Waals surface area contributed by atoms with Gasteiger partial charge in [-0.25, -0.2) is 0 Å². The van der Waals surface area contributed by atoms with E-state index < -0.39 is 12.0 Å². The smallest absolute Gasteiger partial charge is 0.325 e. The number of rotatable bonds is 5. The van der Waals surface area contributed by atoms with Gasteiger partial charge in [0.15, 0.2) is 0 Å². The Kier molecular flexibility index (Phi) is 4.74. The molecule has 1 aliphatic rings. The van der Waals surface area contributed by atoms with Gasteiger partial charge in [-0.05, 0) is 50.6 Å². The molecule has 1 aromatic rings. The van der Waals surface area contributed by atoms with Gasteiger partial charge >= 0.3 is 5.97 Å². The number of nitrogens with one attached hydrogen (secondary N) is 1. The average Bonchev–Trinajstić information content (AvgIpc) is 2.91. The fourth-order valence-corrected chi connectivity index (χ4v) is 2.35. The van der Waals surface area contributed by atoms with Crippen LogP contribution in [0.3, 0.4) is 0 Å². The first kappa shape index (κ1) is 14.5. The first-order valence-electron chi connectivity index (χ1n) is 6.91. The minimum Gasteiger partial charge on any atom is -0.480 e. The minimum atomic E-state index is -1.04. The molecule has 1 aliphatic heterocycles. The Labute approximate surface area is 118 Å². The van der Waals surface area contributed by atoms with E-state index in [1.807, 2.05) is 18.2 Å². The summed E-state index contributed by atoms with van der Waals surface area (Å²) in [6.07, 6.45) is 2.46. The van der Waals surface area contributed by atoms with Crippen LogP contribution in [0.25, 0.3) is 0 Å². The summed E-state index contributed by atoms with van der Waals surface area (Å²) in [6, 6.07) is 6.49. The van der Waals surface area contributed by atoms with Crippen molar-refractivity contribution in [3.05, 3.63) is 35.4 Å². The second kappa shape index (κ2) is 6.52. The van der Waals surface area contributed by atoms with Crippen LogP contribution in [0.4, 0.5) is 0 Å². The molecular formula is C15H20N2O3. The lowest BCUT2D eigenvalue weighted by Crippen LogP contribution is -2.38. The molecule has 0 unspecified atom stereocenters. The molecule has 1 fully saturated rings. The van der Waals surface area contributed by atoms with E-state index in [1.165, 1.54) is 19.8 Å². The van der Waals surface area contributed by atoms with Gasteiger partial charge in [0, 0.05) is 12.1 Å². The molecule has 0 radical (unpaired) electrons. The van der Waals surface area contributed by atoms with Gasteiger partial charge < -0.3 is 10.4 Å². The third-order valence-electron chi connectivity index (χ3n) is 3.51. The lowest BCUT2D eigenvalue weighted by Gasteiger charge is -2.15. The number of hydrogen-bond donors (Lipinski definition) is 2. The van der Waals surface area contributed by atoms with Gasteiger partial charge in [-0.1, -0.05) is 12.1 Å². The number of carboxylic acids is 1. The Morgan fingerprint density at radius 1 is 1.35 bits per heavy atom. The van der Waals surface area contributed by atoms with Crippen LogP contribution in [0.1, 0.15) is 35.7 Å². The van der Waals surface area contributed by atoms with E-state index in [9.17, 15) is 9.59 Å². The van der Waals surface area contributed by atoms with Crippen molar-refractivity contribution in [2.24, 2.45) is 0 Å². The lowest BCUT2D eigenvalue weighted by atomic mass is 10.1. The fraction of sp³-hybridized carbons (Fsp3) is 0.467. The molecule has 1 atom stereocenters. The predicted octanol–water partition coefficient (Wildman–Crippen LogP) is 1.49. The summed E-state index contributed by atoms with van der Waals surface area (Å²) in [7, 11) is 0. The van der Waals surface area contributed by atoms with Crippen molar-refractivity contribution in [2.75, 3.05) is 13.1 Å². The topological polar surface area (TPSA) is 69.6 Å². The molecular weight excluding hydrogens is 256 g/mol. The molecule has 1 heterocycles. The van der Waals surface area contributed by atoms with Crippen LogP contribution >= 0.6 is 0 Å². The molecule has 5 nitrogen and oxygen atoms in total. The van der Waals surface area contributed by atoms with E-state index in [0.29, 0.717) is 5.56 Å². The molecule has 0 saturated carbocycles. The highest BCUT2D eigenvalue weighted by atomic mass is 16.4. The summed E-state index contributed by atoms with van der Waals surface area (Å²) in [6.45, 7) is 4.50. The van der Waals surface area contributed by atoms with Crippen LogP contribution in [0.15, 0.2) is 24.3 Å². The van der Waals surface area contributed by atoms with Crippen molar-refractivity contribution in [1.29, 1.82) is 0 Å². The monoisotopic (exact) mass is 276 g/mol. The molecule has 0 aromatic heterocycles. The maximum absolute atomic E-state index is 12.0. The van der Waals surface area contributed by atoms with E-state index in [1.54, 1.807) is 6.07 Å². The number of carbonyl (C=O) groups is 2. The highest BCUT2D eigenvalue weighted by Gasteiger charge is 2.16. The molecule has 5 heteroatoms. The van der Waals surface area contributed by atoms with Gasteiger partial charge in [0.2, 0.25) is 0 Å². The predicted molar refractivity (Wildman–Crippen MR) is 75.5 cm³/mol. The van der Waals surface area contributed by atoms with Crippen molar-refractivity contribution in [3.63, 3.8) is 0 Å². The zero-order chi connectivity index (χ0) is 14.5. The molecule has 1 aromatic carbocycles. The Hall–Kier alpha value is -1.88. The minimum absolute atomic E-state index is 0.344. The highest BCUT2D eigenvalue weighted by Crippen LogP contribution is 2.14. The normalized spacial score (nSPS) is 16.9. The standard InChI is InChI=1S/C15H20N2O3/c1-11(15(19)20)16-14(18)13-6-4-5-12(9-13)10-17-7-2-3-8-17/h4-6,9,11H,2-3,7-8,10H2,1H3,(H,16,18)(H,19,20)/t11-/m1/s1. The first-order chi connectivity index (χ1) is 9.56. The van der Waals surface area contributed by atoms with Gasteiger partial charge in [0.05, 0.1) is 0 Å². The van der Waals surface area contributed by atoms with Crippen LogP contribution < -0.4 is 5.32 Å². The molecule has 0 aliphatic carbocycles. The van der Waals surface area contributed by atoms with Gasteiger partial charge in [-0.2, -0.15) is 0 Å². The van der Waals surface area contributed by atoms with Crippen LogP contribution in [0.5, 0.6) is 0 Å². The van der Waals surface area contributed by atoms with E-state index in [0.717, 1.165) is 25.2 Å². The number of hydrogen-bond acceptors (Lipinski definition) is 3. The number of carbonyl (C=O) groups excluding carboxylic acids is 1. The summed E-state index contributed by atoms with van der Waals surface area (Å²) < 4.78 is 0. The number of benzene rings is 1. The number of aliphatic carboxylic acids is 1. The van der Waals surface area contributed by atoms with Crippen LogP contribution in [0.2, 0.25) is 0 Å². The SMILES string of the molecule is C[C@@H](NC(=O)c1cccc(CN2CCCC2)c1)C(=O)O. The second-order valence-corrected chi connectivity index (χ2v) is 5.22. The lowest BCUT2D eigenvalue weighted by molar-refractivity contribution is -0.138. The largest absolute Gasteiger partial charge is 0.480 e. The van der Waals surface area contributed by atoms with Crippen molar-refractivity contribution >= 4 is 11.9 Å². The molecule has 0 spiro atoms. The van der Waals surface area contributed by atoms with E-state index >= 15 is 0 Å². The zero-order valence-electron chi connectivity index (χ0n) is 11.6. The summed E-state index contributed by atoms with van der Waals surface area (Å²) in [4.78, 5) is 25.1. The second-order valence-electron chi connectivity index (χ2n) is 5.22. The molecule has 1 amide bonds. The molecule has 0 bridgehead atoms. The van der Waals surface area contributed by atoms with Gasteiger partial charge in [0.1, 0.15) is 6.04 Å². The zero-order valence-corrected chi connectivity index (χ0v) is 11.6. The Balaban J connectivity index is 2.01. The van der Waals surface area contributed by atoms with Crippen LogP contribution in [0, 0.1) is 0 Å². The quantitative estimate of drug-likeness (QED) is 0.854. The highest BCUT2D eigenvalue weighted by molar-refractivity contribution is 5.96. The summed E-state index contributed by atoms with van der Waals surface area (Å²) in [5.41, 5.74) is 1.59. The first-order valence-corrected chi connectivity index (χ1v) is 6.91. The van der Waals surface area contributed by atoms with E-state index in [2.05, 4.69) is 10.2 Å². The maximum Gasteiger partial charge on any atom is 0.325 e. The molecule has 20 heavy (non-hydrogen) atoms. The van der Waals surface area contributed by atoms with Gasteiger partial charge in [-0.3, -0.25) is 14.5 Å². The summed E-state index contributed by atoms with van der Waals surface area (Å²) in [5, 5.41) is 11.3. The van der Waals surface area contributed by atoms with Crippen LogP contribution in [-0.4, -0.2) is 41.0 Å². The van der Waals surface area contributed by atoms with Gasteiger partial charge in [0.25, 0.3) is 5.91 Å².